The van der Waals surface area contributed by atoms with Gasteiger partial charge in [-0.05, 0) is 102 Å². The van der Waals surface area contributed by atoms with E-state index in [-0.39, 0.29) is 48.9 Å². The lowest BCUT2D eigenvalue weighted by atomic mass is 9.91. The molecule has 0 fully saturated rings. The van der Waals surface area contributed by atoms with E-state index in [1.54, 1.807) is 44.3 Å². The maximum atomic E-state index is 14.2. The topological polar surface area (TPSA) is 153 Å². The predicted molar refractivity (Wildman–Crippen MR) is 223 cm³/mol. The minimum atomic E-state index is -1.28. The van der Waals surface area contributed by atoms with E-state index in [0.717, 1.165) is 39.1 Å². The lowest BCUT2D eigenvalue weighted by Gasteiger charge is -2.37. The molecule has 0 unspecified atom stereocenters. The smallest absolute Gasteiger partial charge is 0.326 e. The van der Waals surface area contributed by atoms with Gasteiger partial charge in [-0.2, -0.15) is 0 Å². The van der Waals surface area contributed by atoms with E-state index in [1.807, 2.05) is 62.4 Å². The van der Waals surface area contributed by atoms with Gasteiger partial charge in [0.15, 0.2) is 29.2 Å². The van der Waals surface area contributed by atoms with Crippen LogP contribution in [0.2, 0.25) is 5.02 Å². The average molecular weight is 845 g/mol. The molecule has 0 saturated carbocycles. The summed E-state index contributed by atoms with van der Waals surface area (Å²) in [6.45, 7) is 7.37. The standard InChI is InChI=1S/C47H42ClFN4O8/c1-25-26(2)50-17-16-35(25)30-10-8-29(9-11-30)18-39(47(56)57)52-45(54)40-19-32-20-41-42(21-33(32)22-53(40)46(55)44-27(3)60-28(4)51-44)61-43(24-59-41)31-12-14-34(15-13-31)58-23-36-37(48)6-5-7-38(36)49/h5-17,20-21,39-40,43H,18-19,22-24H2,1-4H3,(H,52,54)(H,56,57)/t39-,40-,43+/m0/s1. The van der Waals surface area contributed by atoms with Gasteiger partial charge in [0, 0.05) is 43.8 Å². The van der Waals surface area contributed by atoms with Crippen molar-refractivity contribution in [2.75, 3.05) is 6.61 Å². The summed E-state index contributed by atoms with van der Waals surface area (Å²) in [4.78, 5) is 51.1. The maximum absolute atomic E-state index is 14.2. The number of aliphatic carboxylic acids is 1. The van der Waals surface area contributed by atoms with E-state index in [4.69, 9.17) is 30.2 Å². The highest BCUT2D eigenvalue weighted by Crippen LogP contribution is 2.41. The summed E-state index contributed by atoms with van der Waals surface area (Å²) in [6, 6.07) is 22.4. The molecule has 0 spiro atoms. The monoisotopic (exact) mass is 844 g/mol. The Morgan fingerprint density at radius 2 is 1.74 bits per heavy atom. The van der Waals surface area contributed by atoms with Gasteiger partial charge in [0.05, 0.1) is 5.02 Å². The number of nitrogens with one attached hydrogen (secondary N) is 1. The number of oxazole rings is 1. The molecule has 0 radical (unpaired) electrons. The van der Waals surface area contributed by atoms with Crippen LogP contribution in [0.5, 0.6) is 17.2 Å². The third-order valence-corrected chi connectivity index (χ3v) is 11.6. The number of aromatic nitrogens is 2. The minimum Gasteiger partial charge on any atom is -0.489 e. The Hall–Kier alpha value is -6.73. The zero-order chi connectivity index (χ0) is 42.9. The van der Waals surface area contributed by atoms with Crippen molar-refractivity contribution in [1.29, 1.82) is 0 Å². The van der Waals surface area contributed by atoms with Crippen molar-refractivity contribution in [2.45, 2.75) is 71.9 Å². The van der Waals surface area contributed by atoms with E-state index in [9.17, 15) is 23.9 Å². The van der Waals surface area contributed by atoms with Crippen LogP contribution >= 0.6 is 11.6 Å². The first-order valence-corrected chi connectivity index (χ1v) is 20.1. The molecular formula is C47H42ClFN4O8. The van der Waals surface area contributed by atoms with Crippen LogP contribution < -0.4 is 19.5 Å². The molecular weight excluding hydrogens is 803 g/mol. The zero-order valence-electron chi connectivity index (χ0n) is 33.8. The molecule has 0 bridgehead atoms. The highest BCUT2D eigenvalue weighted by molar-refractivity contribution is 6.31. The van der Waals surface area contributed by atoms with Crippen LogP contribution in [0, 0.1) is 33.5 Å². The number of nitrogens with zero attached hydrogens (tertiary/aromatic N) is 3. The van der Waals surface area contributed by atoms with Crippen molar-refractivity contribution in [1.82, 2.24) is 20.2 Å². The van der Waals surface area contributed by atoms with Gasteiger partial charge in [-0.3, -0.25) is 14.6 Å². The molecule has 2 aliphatic heterocycles. The predicted octanol–water partition coefficient (Wildman–Crippen LogP) is 8.23. The molecule has 0 saturated heterocycles. The number of ether oxygens (including phenoxy) is 3. The summed E-state index contributed by atoms with van der Waals surface area (Å²) >= 11 is 6.15. The molecule has 12 nitrogen and oxygen atoms in total. The number of carboxylic acid groups (broad SMARTS) is 1. The van der Waals surface area contributed by atoms with E-state index < -0.39 is 41.8 Å². The molecule has 4 aromatic carbocycles. The Balaban J connectivity index is 0.998. The van der Waals surface area contributed by atoms with Gasteiger partial charge in [-0.1, -0.05) is 54.1 Å². The lowest BCUT2D eigenvalue weighted by molar-refractivity contribution is -0.142. The molecule has 312 valence electrons. The first-order chi connectivity index (χ1) is 29.3. The van der Waals surface area contributed by atoms with Crippen LogP contribution in [0.4, 0.5) is 4.39 Å². The van der Waals surface area contributed by atoms with Crippen LogP contribution in [-0.4, -0.2) is 56.4 Å². The Bertz CT molecular complexity index is 2630. The minimum absolute atomic E-state index is 0.00403. The van der Waals surface area contributed by atoms with Gasteiger partial charge in [0.1, 0.15) is 42.6 Å². The largest absolute Gasteiger partial charge is 0.489 e. The Morgan fingerprint density at radius 1 is 0.984 bits per heavy atom. The SMILES string of the molecule is Cc1nc(C(=O)N2Cc3cc4c(cc3C[C@H]2C(=O)N[C@@H](Cc2ccc(-c3ccnc(C)c3C)cc2)C(=O)O)OC[C@H](c2ccc(OCc3c(F)cccc3Cl)cc2)O4)c(C)o1. The van der Waals surface area contributed by atoms with Gasteiger partial charge in [-0.15, -0.1) is 0 Å². The second-order valence-corrected chi connectivity index (χ2v) is 15.6. The number of benzene rings is 4. The maximum Gasteiger partial charge on any atom is 0.326 e. The first-order valence-electron chi connectivity index (χ1n) is 19.7. The fourth-order valence-corrected chi connectivity index (χ4v) is 7.93. The van der Waals surface area contributed by atoms with Gasteiger partial charge in [-0.25, -0.2) is 14.2 Å². The van der Waals surface area contributed by atoms with E-state index in [1.165, 1.54) is 17.0 Å². The summed E-state index contributed by atoms with van der Waals surface area (Å²) in [7, 11) is 0. The van der Waals surface area contributed by atoms with Crippen molar-refractivity contribution in [3.63, 3.8) is 0 Å². The van der Waals surface area contributed by atoms with Gasteiger partial charge in [0.25, 0.3) is 5.91 Å². The molecule has 0 aliphatic carbocycles. The number of carboxylic acids is 1. The first kappa shape index (κ1) is 41.0. The number of rotatable bonds is 11. The lowest BCUT2D eigenvalue weighted by Crippen LogP contribution is -2.56. The molecule has 3 atom stereocenters. The fraction of sp³-hybridized carbons (Fsp3) is 0.255. The van der Waals surface area contributed by atoms with Crippen LogP contribution in [-0.2, 0) is 35.6 Å². The van der Waals surface area contributed by atoms with Crippen molar-refractivity contribution in [3.05, 3.63) is 158 Å². The van der Waals surface area contributed by atoms with E-state index in [2.05, 4.69) is 15.3 Å². The number of aryl methyl sites for hydroxylation is 3. The second-order valence-electron chi connectivity index (χ2n) is 15.2. The average Bonchev–Trinajstić information content (AvgIpc) is 3.60. The molecule has 2 aliphatic rings. The molecule has 8 rings (SSSR count). The van der Waals surface area contributed by atoms with Crippen molar-refractivity contribution < 1.29 is 42.5 Å². The van der Waals surface area contributed by atoms with Crippen molar-refractivity contribution in [2.24, 2.45) is 0 Å². The Labute approximate surface area is 356 Å². The van der Waals surface area contributed by atoms with Gasteiger partial charge >= 0.3 is 5.97 Å². The number of hydrogen-bond donors (Lipinski definition) is 2. The Kier molecular flexibility index (Phi) is 11.5. The summed E-state index contributed by atoms with van der Waals surface area (Å²) in [5.74, 6) is -0.759. The summed E-state index contributed by atoms with van der Waals surface area (Å²) in [6.07, 6.45) is 1.38. The van der Waals surface area contributed by atoms with Crippen LogP contribution in [0.3, 0.4) is 0 Å². The molecule has 61 heavy (non-hydrogen) atoms. The molecule has 6 aromatic rings. The molecule has 14 heteroatoms. The third-order valence-electron chi connectivity index (χ3n) is 11.2. The third kappa shape index (κ3) is 8.64. The van der Waals surface area contributed by atoms with Gasteiger partial charge in [0.2, 0.25) is 5.91 Å². The van der Waals surface area contributed by atoms with Crippen LogP contribution in [0.25, 0.3) is 11.1 Å². The quantitative estimate of drug-likeness (QED) is 0.130. The van der Waals surface area contributed by atoms with Gasteiger partial charge < -0.3 is 34.0 Å². The summed E-state index contributed by atoms with van der Waals surface area (Å²) < 4.78 is 38.2. The highest BCUT2D eigenvalue weighted by atomic mass is 35.5. The van der Waals surface area contributed by atoms with E-state index in [0.29, 0.717) is 34.5 Å². The number of hydrogen-bond acceptors (Lipinski definition) is 9. The number of fused-ring (bicyclic) bond motifs is 2. The fourth-order valence-electron chi connectivity index (χ4n) is 7.71. The Morgan fingerprint density at radius 3 is 2.44 bits per heavy atom. The second kappa shape index (κ2) is 17.1. The zero-order valence-corrected chi connectivity index (χ0v) is 34.6. The summed E-state index contributed by atoms with van der Waals surface area (Å²) in [5.41, 5.74) is 7.31. The number of carbonyl (C=O) groups excluding carboxylic acids is 2. The number of amides is 2. The van der Waals surface area contributed by atoms with E-state index >= 15 is 0 Å². The molecule has 2 N–H and O–H groups in total. The van der Waals surface area contributed by atoms with Crippen LogP contribution in [0.1, 0.15) is 67.3 Å². The van der Waals surface area contributed by atoms with Crippen molar-refractivity contribution >= 4 is 29.4 Å². The molecule has 4 heterocycles. The highest BCUT2D eigenvalue weighted by Gasteiger charge is 2.39. The number of halogens is 2. The van der Waals surface area contributed by atoms with Crippen LogP contribution in [0.15, 0.2) is 95.5 Å². The molecule has 2 amide bonds. The molecule has 2 aromatic heterocycles. The summed E-state index contributed by atoms with van der Waals surface area (Å²) in [5, 5.41) is 13.3. The van der Waals surface area contributed by atoms with Crippen molar-refractivity contribution in [3.8, 4) is 28.4 Å². The normalized spacial score (nSPS) is 16.1. The number of carbonyl (C=O) groups is 3. The number of pyridine rings is 1.